The molecule has 0 bridgehead atoms. The van der Waals surface area contributed by atoms with Crippen molar-refractivity contribution in [1.82, 2.24) is 0 Å². The molecule has 1 N–H and O–H groups in total. The van der Waals surface area contributed by atoms with E-state index in [1.165, 1.54) is 35.6 Å². The van der Waals surface area contributed by atoms with Crippen molar-refractivity contribution in [2.24, 2.45) is 0 Å². The van der Waals surface area contributed by atoms with Gasteiger partial charge in [0.25, 0.3) is 0 Å². The fourth-order valence-electron chi connectivity index (χ4n) is 1.34. The Morgan fingerprint density at radius 2 is 1.94 bits per heavy atom. The van der Waals surface area contributed by atoms with Crippen LogP contribution >= 0.6 is 22.9 Å². The van der Waals surface area contributed by atoms with E-state index < -0.39 is 0 Å². The maximum atomic E-state index is 12.6. The maximum Gasteiger partial charge on any atom is 0.229 e. The molecule has 0 saturated heterocycles. The van der Waals surface area contributed by atoms with Gasteiger partial charge < -0.3 is 5.32 Å². The molecule has 2 aromatic rings. The van der Waals surface area contributed by atoms with Crippen molar-refractivity contribution in [2.45, 2.75) is 6.42 Å². The highest BCUT2D eigenvalue weighted by molar-refractivity contribution is 7.16. The Hall–Kier alpha value is -1.39. The van der Waals surface area contributed by atoms with Crippen LogP contribution in [0, 0.1) is 5.82 Å². The molecule has 0 atom stereocenters. The molecule has 1 amide bonds. The molecule has 0 aliphatic rings. The Morgan fingerprint density at radius 1 is 1.24 bits per heavy atom. The van der Waals surface area contributed by atoms with Crippen LogP contribution < -0.4 is 5.32 Å². The van der Waals surface area contributed by atoms with Gasteiger partial charge in [-0.1, -0.05) is 11.6 Å². The number of benzene rings is 1. The van der Waals surface area contributed by atoms with Crippen LogP contribution in [-0.2, 0) is 11.2 Å². The van der Waals surface area contributed by atoms with E-state index >= 15 is 0 Å². The summed E-state index contributed by atoms with van der Waals surface area (Å²) in [5.41, 5.74) is 0.582. The first-order chi connectivity index (χ1) is 8.13. The number of hydrogen-bond donors (Lipinski definition) is 1. The Bertz CT molecular complexity index is 524. The monoisotopic (exact) mass is 269 g/mol. The molecule has 0 unspecified atom stereocenters. The Balaban J connectivity index is 1.95. The first-order valence-electron chi connectivity index (χ1n) is 4.93. The zero-order valence-corrected chi connectivity index (χ0v) is 10.3. The predicted molar refractivity (Wildman–Crippen MR) is 68.1 cm³/mol. The van der Waals surface area contributed by atoms with Crippen molar-refractivity contribution in [2.75, 3.05) is 5.32 Å². The van der Waals surface area contributed by atoms with Crippen molar-refractivity contribution in [1.29, 1.82) is 0 Å². The largest absolute Gasteiger partial charge is 0.326 e. The first-order valence-corrected chi connectivity index (χ1v) is 6.12. The first kappa shape index (κ1) is 12.1. The van der Waals surface area contributed by atoms with E-state index in [1.807, 2.05) is 6.07 Å². The highest BCUT2D eigenvalue weighted by Crippen LogP contribution is 2.22. The molecule has 0 fully saturated rings. The number of halogens is 2. The number of amides is 1. The summed E-state index contributed by atoms with van der Waals surface area (Å²) in [7, 11) is 0. The second-order valence-corrected chi connectivity index (χ2v) is 5.24. The van der Waals surface area contributed by atoms with Crippen LogP contribution in [0.4, 0.5) is 10.1 Å². The van der Waals surface area contributed by atoms with Crippen LogP contribution in [0.2, 0.25) is 4.34 Å². The minimum absolute atomic E-state index is 0.143. The third-order valence-corrected chi connectivity index (χ3v) is 3.32. The van der Waals surface area contributed by atoms with Crippen molar-refractivity contribution >= 4 is 34.5 Å². The van der Waals surface area contributed by atoms with Gasteiger partial charge in [-0.05, 0) is 36.4 Å². The van der Waals surface area contributed by atoms with Crippen LogP contribution in [0.1, 0.15) is 4.88 Å². The van der Waals surface area contributed by atoms with Gasteiger partial charge in [0.05, 0.1) is 10.8 Å². The van der Waals surface area contributed by atoms with Gasteiger partial charge in [-0.25, -0.2) is 4.39 Å². The van der Waals surface area contributed by atoms with Crippen molar-refractivity contribution < 1.29 is 9.18 Å². The van der Waals surface area contributed by atoms with E-state index in [9.17, 15) is 9.18 Å². The minimum Gasteiger partial charge on any atom is -0.326 e. The lowest BCUT2D eigenvalue weighted by Gasteiger charge is -2.03. The van der Waals surface area contributed by atoms with Crippen molar-refractivity contribution in [3.8, 4) is 0 Å². The number of carbonyl (C=O) groups is 1. The average Bonchev–Trinajstić information content (AvgIpc) is 2.67. The summed E-state index contributed by atoms with van der Waals surface area (Å²) in [4.78, 5) is 12.5. The summed E-state index contributed by atoms with van der Waals surface area (Å²) >= 11 is 7.14. The number of carbonyl (C=O) groups excluding carboxylic acids is 1. The summed E-state index contributed by atoms with van der Waals surface area (Å²) in [5.74, 6) is -0.469. The molecule has 1 aromatic heterocycles. The second-order valence-electron chi connectivity index (χ2n) is 3.44. The number of hydrogen-bond acceptors (Lipinski definition) is 2. The Kier molecular flexibility index (Phi) is 3.76. The van der Waals surface area contributed by atoms with E-state index in [-0.39, 0.29) is 18.1 Å². The fraction of sp³-hybridized carbons (Fsp3) is 0.0833. The molecular formula is C12H9ClFNOS. The molecule has 1 aromatic carbocycles. The normalized spacial score (nSPS) is 10.2. The smallest absolute Gasteiger partial charge is 0.229 e. The van der Waals surface area contributed by atoms with Gasteiger partial charge in [0, 0.05) is 10.6 Å². The molecule has 0 aliphatic carbocycles. The van der Waals surface area contributed by atoms with Gasteiger partial charge in [0.1, 0.15) is 5.82 Å². The van der Waals surface area contributed by atoms with Crippen LogP contribution in [0.25, 0.3) is 0 Å². The predicted octanol–water partition coefficient (Wildman–Crippen LogP) is 3.72. The third-order valence-electron chi connectivity index (χ3n) is 2.09. The van der Waals surface area contributed by atoms with Gasteiger partial charge in [0.15, 0.2) is 0 Å². The zero-order valence-electron chi connectivity index (χ0n) is 8.74. The summed E-state index contributed by atoms with van der Waals surface area (Å²) in [6, 6.07) is 9.22. The van der Waals surface area contributed by atoms with Crippen molar-refractivity contribution in [3.63, 3.8) is 0 Å². The van der Waals surface area contributed by atoms with Gasteiger partial charge in [-0.15, -0.1) is 11.3 Å². The zero-order chi connectivity index (χ0) is 12.3. The molecule has 0 spiro atoms. The minimum atomic E-state index is -0.326. The molecular weight excluding hydrogens is 261 g/mol. The molecule has 5 heteroatoms. The average molecular weight is 270 g/mol. The van der Waals surface area contributed by atoms with Gasteiger partial charge in [-0.2, -0.15) is 0 Å². The maximum absolute atomic E-state index is 12.6. The SMILES string of the molecule is O=C(Cc1ccc(Cl)s1)Nc1ccc(F)cc1. The van der Waals surface area contributed by atoms with E-state index in [0.717, 1.165) is 4.88 Å². The molecule has 88 valence electrons. The molecule has 0 saturated carbocycles. The van der Waals surface area contributed by atoms with Gasteiger partial charge in [-0.3, -0.25) is 4.79 Å². The van der Waals surface area contributed by atoms with Gasteiger partial charge in [0.2, 0.25) is 5.91 Å². The number of anilines is 1. The van der Waals surface area contributed by atoms with Crippen molar-refractivity contribution in [3.05, 3.63) is 51.4 Å². The number of nitrogens with one attached hydrogen (secondary N) is 1. The lowest BCUT2D eigenvalue weighted by molar-refractivity contribution is -0.115. The van der Waals surface area contributed by atoms with E-state index in [1.54, 1.807) is 6.07 Å². The Labute approximate surface area is 107 Å². The summed E-state index contributed by atoms with van der Waals surface area (Å²) in [6.07, 6.45) is 0.273. The quantitative estimate of drug-likeness (QED) is 0.904. The molecule has 2 nitrogen and oxygen atoms in total. The van der Waals surface area contributed by atoms with Crippen LogP contribution in [0.5, 0.6) is 0 Å². The second kappa shape index (κ2) is 5.29. The number of rotatable bonds is 3. The summed E-state index contributed by atoms with van der Waals surface area (Å²) in [6.45, 7) is 0. The van der Waals surface area contributed by atoms with Crippen LogP contribution in [0.15, 0.2) is 36.4 Å². The highest BCUT2D eigenvalue weighted by Gasteiger charge is 2.06. The van der Waals surface area contributed by atoms with E-state index in [4.69, 9.17) is 11.6 Å². The summed E-state index contributed by atoms with van der Waals surface area (Å²) in [5, 5.41) is 2.68. The molecule has 1 heterocycles. The van der Waals surface area contributed by atoms with E-state index in [2.05, 4.69) is 5.32 Å². The molecule has 17 heavy (non-hydrogen) atoms. The lowest BCUT2D eigenvalue weighted by atomic mass is 10.3. The molecule has 0 radical (unpaired) electrons. The topological polar surface area (TPSA) is 29.1 Å². The standard InChI is InChI=1S/C12H9ClFNOS/c13-11-6-5-10(17-11)7-12(16)15-9-3-1-8(14)2-4-9/h1-6H,7H2,(H,15,16). The lowest BCUT2D eigenvalue weighted by Crippen LogP contribution is -2.13. The molecule has 2 rings (SSSR count). The Morgan fingerprint density at radius 3 is 2.53 bits per heavy atom. The van der Waals surface area contributed by atoms with E-state index in [0.29, 0.717) is 10.0 Å². The summed E-state index contributed by atoms with van der Waals surface area (Å²) < 4.78 is 13.3. The number of thiophene rings is 1. The fourth-order valence-corrected chi connectivity index (χ4v) is 2.43. The van der Waals surface area contributed by atoms with Gasteiger partial charge >= 0.3 is 0 Å². The third kappa shape index (κ3) is 3.54. The highest BCUT2D eigenvalue weighted by atomic mass is 35.5. The van der Waals surface area contributed by atoms with Crippen LogP contribution in [0.3, 0.4) is 0 Å². The molecule has 0 aliphatic heterocycles. The van der Waals surface area contributed by atoms with Crippen LogP contribution in [-0.4, -0.2) is 5.91 Å².